The summed E-state index contributed by atoms with van der Waals surface area (Å²) in [5.41, 5.74) is 0. The van der Waals surface area contributed by atoms with Crippen molar-refractivity contribution in [2.75, 3.05) is 39.6 Å². The summed E-state index contributed by atoms with van der Waals surface area (Å²) in [4.78, 5) is 73.2. The zero-order valence-corrected chi connectivity index (χ0v) is 70.0. The van der Waals surface area contributed by atoms with Gasteiger partial charge >= 0.3 is 39.5 Å². The van der Waals surface area contributed by atoms with Gasteiger partial charge < -0.3 is 33.8 Å². The number of carbonyl (C=O) groups excluding carboxylic acids is 4. The minimum absolute atomic E-state index is 0.109. The second kappa shape index (κ2) is 77.8. The van der Waals surface area contributed by atoms with Crippen molar-refractivity contribution in [3.8, 4) is 0 Å². The molecule has 0 aromatic carbocycles. The molecule has 0 aromatic heterocycles. The molecule has 0 aliphatic heterocycles. The van der Waals surface area contributed by atoms with Gasteiger partial charge in [-0.1, -0.05) is 407 Å². The van der Waals surface area contributed by atoms with E-state index < -0.39 is 97.5 Å². The zero-order valence-electron chi connectivity index (χ0n) is 68.2. The largest absolute Gasteiger partial charge is 0.472 e. The number of unbranched alkanes of at least 4 members (excludes halogenated alkanes) is 57. The van der Waals surface area contributed by atoms with Gasteiger partial charge in [0.2, 0.25) is 0 Å². The van der Waals surface area contributed by atoms with E-state index in [9.17, 15) is 43.2 Å². The molecule has 19 heteroatoms. The van der Waals surface area contributed by atoms with Gasteiger partial charge in [0.05, 0.1) is 26.4 Å². The number of rotatable bonds is 85. The lowest BCUT2D eigenvalue weighted by Gasteiger charge is -2.21. The van der Waals surface area contributed by atoms with Crippen LogP contribution in [-0.4, -0.2) is 96.7 Å². The van der Waals surface area contributed by atoms with Crippen LogP contribution in [-0.2, 0) is 65.4 Å². The molecule has 0 amide bonds. The summed E-state index contributed by atoms with van der Waals surface area (Å²) >= 11 is 0. The van der Waals surface area contributed by atoms with E-state index in [1.54, 1.807) is 0 Å². The maximum absolute atomic E-state index is 13.1. The molecule has 3 N–H and O–H groups in total. The first kappa shape index (κ1) is 102. The molecule has 0 aliphatic rings. The van der Waals surface area contributed by atoms with Crippen molar-refractivity contribution in [2.45, 2.75) is 477 Å². The second-order valence-corrected chi connectivity index (χ2v) is 34.0. The molecule has 618 valence electrons. The smallest absolute Gasteiger partial charge is 0.462 e. The van der Waals surface area contributed by atoms with Crippen LogP contribution >= 0.6 is 15.6 Å². The molecule has 2 unspecified atom stereocenters. The van der Waals surface area contributed by atoms with Gasteiger partial charge in [0, 0.05) is 25.7 Å². The van der Waals surface area contributed by atoms with Crippen molar-refractivity contribution >= 4 is 39.5 Å². The number of hydrogen-bond acceptors (Lipinski definition) is 15. The number of phosphoric acid groups is 2. The third-order valence-corrected chi connectivity index (χ3v) is 21.9. The van der Waals surface area contributed by atoms with Gasteiger partial charge in [-0.25, -0.2) is 9.13 Å². The van der Waals surface area contributed by atoms with Crippen LogP contribution in [0.5, 0.6) is 0 Å². The van der Waals surface area contributed by atoms with Crippen molar-refractivity contribution in [1.82, 2.24) is 0 Å². The SMILES string of the molecule is CCCCCCCCCCCCCCCCCCCCCC(=O)OC[C@H](COP(=O)(O)OC[C@@H](O)COP(=O)(O)OC[C@@H](COC(=O)CCCCCCCCCCCC)OC(=O)CCCCCCCCCCCCCCCCCC)OC(=O)CCCCCCCCCCCCCCCCCCC(C)C. The van der Waals surface area contributed by atoms with E-state index in [2.05, 4.69) is 34.6 Å². The Labute approximate surface area is 638 Å². The minimum Gasteiger partial charge on any atom is -0.462 e. The van der Waals surface area contributed by atoms with E-state index in [4.69, 9.17) is 37.0 Å². The van der Waals surface area contributed by atoms with E-state index in [0.29, 0.717) is 25.7 Å². The Morgan fingerprint density at radius 1 is 0.260 bits per heavy atom. The average Bonchev–Trinajstić information content (AvgIpc) is 0.905. The molecule has 0 bridgehead atoms. The van der Waals surface area contributed by atoms with Crippen molar-refractivity contribution in [3.63, 3.8) is 0 Å². The first-order valence-electron chi connectivity index (χ1n) is 44.1. The highest BCUT2D eigenvalue weighted by Gasteiger charge is 2.30. The molecule has 17 nitrogen and oxygen atoms in total. The molecule has 0 radical (unpaired) electrons. The van der Waals surface area contributed by atoms with Crippen LogP contribution in [0.15, 0.2) is 0 Å². The summed E-state index contributed by atoms with van der Waals surface area (Å²) in [7, 11) is -9.92. The normalized spacial score (nSPS) is 13.8. The Morgan fingerprint density at radius 3 is 0.654 bits per heavy atom. The molecule has 0 rings (SSSR count). The number of carbonyl (C=O) groups is 4. The molecule has 0 fully saturated rings. The summed E-state index contributed by atoms with van der Waals surface area (Å²) in [5.74, 6) is -1.29. The fraction of sp³-hybridized carbons (Fsp3) is 0.953. The van der Waals surface area contributed by atoms with Gasteiger partial charge in [-0.05, 0) is 31.6 Å². The van der Waals surface area contributed by atoms with Gasteiger partial charge in [0.1, 0.15) is 19.3 Å². The molecule has 0 aromatic rings. The number of hydrogen-bond donors (Lipinski definition) is 3. The summed E-state index contributed by atoms with van der Waals surface area (Å²) < 4.78 is 68.9. The van der Waals surface area contributed by atoms with Gasteiger partial charge in [-0.15, -0.1) is 0 Å². The molecule has 0 saturated heterocycles. The van der Waals surface area contributed by atoms with Gasteiger partial charge in [-0.3, -0.25) is 37.3 Å². The predicted octanol–water partition coefficient (Wildman–Crippen LogP) is 26.0. The fourth-order valence-corrected chi connectivity index (χ4v) is 14.9. The topological polar surface area (TPSA) is 237 Å². The summed E-state index contributed by atoms with van der Waals surface area (Å²) in [5, 5.41) is 10.7. The lowest BCUT2D eigenvalue weighted by Crippen LogP contribution is -2.30. The Kier molecular flexibility index (Phi) is 76.3. The summed E-state index contributed by atoms with van der Waals surface area (Å²) in [6.45, 7) is 7.39. The molecule has 5 atom stereocenters. The number of aliphatic hydroxyl groups excluding tert-OH is 1. The van der Waals surface area contributed by atoms with Crippen LogP contribution < -0.4 is 0 Å². The van der Waals surface area contributed by atoms with Crippen LogP contribution in [0.25, 0.3) is 0 Å². The number of esters is 4. The van der Waals surface area contributed by atoms with Crippen LogP contribution in [0.3, 0.4) is 0 Å². The molecule has 0 aliphatic carbocycles. The number of ether oxygens (including phenoxy) is 4. The minimum atomic E-state index is -4.96. The first-order valence-corrected chi connectivity index (χ1v) is 47.1. The maximum atomic E-state index is 13.1. The molecule has 104 heavy (non-hydrogen) atoms. The molecular weight excluding hydrogens is 1350 g/mol. The lowest BCUT2D eigenvalue weighted by molar-refractivity contribution is -0.161. The van der Waals surface area contributed by atoms with Crippen molar-refractivity contribution in [2.24, 2.45) is 5.92 Å². The predicted molar refractivity (Wildman–Crippen MR) is 428 cm³/mol. The third kappa shape index (κ3) is 78.2. The van der Waals surface area contributed by atoms with Crippen molar-refractivity contribution in [3.05, 3.63) is 0 Å². The highest BCUT2D eigenvalue weighted by atomic mass is 31.2. The molecule has 0 saturated carbocycles. The first-order chi connectivity index (χ1) is 50.5. The Morgan fingerprint density at radius 2 is 0.442 bits per heavy atom. The Bertz CT molecular complexity index is 1980. The van der Waals surface area contributed by atoms with Crippen LogP contribution in [0.1, 0.15) is 458 Å². The summed E-state index contributed by atoms with van der Waals surface area (Å²) in [6, 6.07) is 0. The Hall–Kier alpha value is -1.94. The van der Waals surface area contributed by atoms with E-state index in [1.165, 1.54) is 283 Å². The van der Waals surface area contributed by atoms with Crippen LogP contribution in [0.2, 0.25) is 0 Å². The maximum Gasteiger partial charge on any atom is 0.472 e. The third-order valence-electron chi connectivity index (χ3n) is 20.0. The number of phosphoric ester groups is 2. The van der Waals surface area contributed by atoms with E-state index in [-0.39, 0.29) is 25.7 Å². The Balaban J connectivity index is 5.23. The fourth-order valence-electron chi connectivity index (χ4n) is 13.3. The van der Waals surface area contributed by atoms with E-state index >= 15 is 0 Å². The second-order valence-electron chi connectivity index (χ2n) is 31.1. The van der Waals surface area contributed by atoms with Crippen LogP contribution in [0.4, 0.5) is 0 Å². The van der Waals surface area contributed by atoms with Gasteiger partial charge in [0.15, 0.2) is 12.2 Å². The average molecular weight is 1520 g/mol. The standard InChI is InChI=1S/C85H166O17P2/c1-6-9-12-15-18-21-24-26-28-30-31-32-37-40-44-49-54-59-64-69-83(88)96-75-81(102-85(90)71-66-61-56-51-46-42-38-34-33-35-39-43-47-52-57-62-67-78(4)5)77-100-104(93,94)98-73-79(86)72-97-103(91,92)99-76-80(74-95-82(87)68-63-58-53-48-23-20-17-14-11-8-3)101-84(89)70-65-60-55-50-45-41-36-29-27-25-22-19-16-13-10-7-2/h78-81,86H,6-77H2,1-5H3,(H,91,92)(H,93,94)/t79-,80+,81+/m0/s1. The molecule has 0 heterocycles. The highest BCUT2D eigenvalue weighted by molar-refractivity contribution is 7.47. The molecule has 0 spiro atoms. The van der Waals surface area contributed by atoms with Crippen molar-refractivity contribution < 1.29 is 80.2 Å². The van der Waals surface area contributed by atoms with Crippen LogP contribution in [0, 0.1) is 5.92 Å². The quantitative estimate of drug-likeness (QED) is 0.0222. The van der Waals surface area contributed by atoms with Gasteiger partial charge in [0.25, 0.3) is 0 Å². The van der Waals surface area contributed by atoms with E-state index in [1.807, 2.05) is 0 Å². The zero-order chi connectivity index (χ0) is 76.2. The molecular formula is C85H166O17P2. The van der Waals surface area contributed by atoms with E-state index in [0.717, 1.165) is 95.8 Å². The lowest BCUT2D eigenvalue weighted by atomic mass is 10.0. The summed E-state index contributed by atoms with van der Waals surface area (Å²) in [6.07, 6.45) is 70.8. The number of aliphatic hydroxyl groups is 1. The van der Waals surface area contributed by atoms with Gasteiger partial charge in [-0.2, -0.15) is 0 Å². The highest BCUT2D eigenvalue weighted by Crippen LogP contribution is 2.45. The monoisotopic (exact) mass is 1520 g/mol. The van der Waals surface area contributed by atoms with Crippen molar-refractivity contribution in [1.29, 1.82) is 0 Å².